The average Bonchev–Trinajstić information content (AvgIpc) is 3.20. The molecule has 0 bridgehead atoms. The van der Waals surface area contributed by atoms with Gasteiger partial charge in [0, 0.05) is 38.2 Å². The molecular weight excluding hydrogens is 412 g/mol. The molecule has 4 rings (SSSR count). The SMILES string of the molecule is CN1C(=O)NCC(C(=O)N2CCC(COc3ccc4nc(C(C)(C)C)cn4n3)CC2)C1=O. The van der Waals surface area contributed by atoms with Gasteiger partial charge in [-0.2, -0.15) is 0 Å². The van der Waals surface area contributed by atoms with Crippen LogP contribution >= 0.6 is 0 Å². The fourth-order valence-electron chi connectivity index (χ4n) is 3.97. The molecule has 4 amide bonds. The molecule has 0 saturated carbocycles. The molecule has 172 valence electrons. The minimum atomic E-state index is -0.838. The van der Waals surface area contributed by atoms with E-state index in [-0.39, 0.29) is 17.9 Å². The number of imidazole rings is 1. The van der Waals surface area contributed by atoms with Crippen molar-refractivity contribution in [3.63, 3.8) is 0 Å². The van der Waals surface area contributed by atoms with Crippen molar-refractivity contribution in [2.45, 2.75) is 39.0 Å². The summed E-state index contributed by atoms with van der Waals surface area (Å²) in [4.78, 5) is 43.9. The number of rotatable bonds is 4. The number of amides is 4. The summed E-state index contributed by atoms with van der Waals surface area (Å²) < 4.78 is 7.68. The van der Waals surface area contributed by atoms with Crippen molar-refractivity contribution < 1.29 is 19.1 Å². The van der Waals surface area contributed by atoms with Gasteiger partial charge in [0.25, 0.3) is 0 Å². The zero-order chi connectivity index (χ0) is 23.0. The van der Waals surface area contributed by atoms with Crippen molar-refractivity contribution in [2.75, 3.05) is 33.3 Å². The molecule has 0 spiro atoms. The van der Waals surface area contributed by atoms with E-state index in [0.29, 0.717) is 31.5 Å². The molecule has 32 heavy (non-hydrogen) atoms. The first-order valence-electron chi connectivity index (χ1n) is 11.0. The number of aromatic nitrogens is 3. The summed E-state index contributed by atoms with van der Waals surface area (Å²) in [6, 6.07) is 3.26. The fraction of sp³-hybridized carbons (Fsp3) is 0.591. The molecular formula is C22H30N6O4. The van der Waals surface area contributed by atoms with E-state index in [2.05, 4.69) is 36.2 Å². The largest absolute Gasteiger partial charge is 0.476 e. The summed E-state index contributed by atoms with van der Waals surface area (Å²) in [6.07, 6.45) is 3.51. The number of urea groups is 1. The van der Waals surface area contributed by atoms with Gasteiger partial charge in [0.15, 0.2) is 5.65 Å². The number of piperidine rings is 1. The number of carbonyl (C=O) groups is 3. The van der Waals surface area contributed by atoms with Crippen molar-refractivity contribution in [1.29, 1.82) is 0 Å². The minimum Gasteiger partial charge on any atom is -0.476 e. The molecule has 2 fully saturated rings. The van der Waals surface area contributed by atoms with E-state index in [1.165, 1.54) is 7.05 Å². The topological polar surface area (TPSA) is 109 Å². The van der Waals surface area contributed by atoms with Crippen molar-refractivity contribution in [1.82, 2.24) is 29.7 Å². The molecule has 2 aromatic heterocycles. The van der Waals surface area contributed by atoms with Crippen LogP contribution in [0.3, 0.4) is 0 Å². The molecule has 1 N–H and O–H groups in total. The number of fused-ring (bicyclic) bond motifs is 1. The Balaban J connectivity index is 1.29. The summed E-state index contributed by atoms with van der Waals surface area (Å²) in [5, 5.41) is 7.10. The van der Waals surface area contributed by atoms with Gasteiger partial charge in [-0.05, 0) is 24.8 Å². The van der Waals surface area contributed by atoms with Gasteiger partial charge in [0.05, 0.1) is 18.5 Å². The number of carbonyl (C=O) groups excluding carboxylic acids is 3. The van der Waals surface area contributed by atoms with Crippen LogP contribution in [-0.2, 0) is 15.0 Å². The lowest BCUT2D eigenvalue weighted by Gasteiger charge is -2.36. The first-order chi connectivity index (χ1) is 15.1. The number of nitrogens with one attached hydrogen (secondary N) is 1. The normalized spacial score (nSPS) is 20.6. The fourth-order valence-corrected chi connectivity index (χ4v) is 3.97. The lowest BCUT2D eigenvalue weighted by atomic mass is 9.93. The van der Waals surface area contributed by atoms with Crippen LogP contribution in [0.4, 0.5) is 4.79 Å². The first kappa shape index (κ1) is 22.0. The summed E-state index contributed by atoms with van der Waals surface area (Å²) in [6.45, 7) is 8.05. The highest BCUT2D eigenvalue weighted by Gasteiger charge is 2.39. The second-order valence-electron chi connectivity index (χ2n) is 9.57. The minimum absolute atomic E-state index is 0.0522. The van der Waals surface area contributed by atoms with Crippen molar-refractivity contribution >= 4 is 23.5 Å². The number of imide groups is 1. The molecule has 2 aromatic rings. The Morgan fingerprint density at radius 2 is 1.94 bits per heavy atom. The lowest BCUT2D eigenvalue weighted by molar-refractivity contribution is -0.146. The zero-order valence-electron chi connectivity index (χ0n) is 19.0. The molecule has 1 unspecified atom stereocenters. The van der Waals surface area contributed by atoms with E-state index in [0.717, 1.165) is 29.1 Å². The highest BCUT2D eigenvalue weighted by Crippen LogP contribution is 2.23. The summed E-state index contributed by atoms with van der Waals surface area (Å²) >= 11 is 0. The predicted molar refractivity (Wildman–Crippen MR) is 116 cm³/mol. The van der Waals surface area contributed by atoms with Gasteiger partial charge in [0.2, 0.25) is 17.7 Å². The molecule has 0 radical (unpaired) electrons. The van der Waals surface area contributed by atoms with Crippen LogP contribution in [0.5, 0.6) is 5.88 Å². The lowest BCUT2D eigenvalue weighted by Crippen LogP contribution is -2.58. The summed E-state index contributed by atoms with van der Waals surface area (Å²) in [7, 11) is 1.39. The standard InChI is InChI=1S/C22H30N6O4/c1-22(2,3)16-12-28-17(24-16)5-6-18(25-28)32-13-14-7-9-27(10-8-14)20(30)15-11-23-21(31)26(4)19(15)29/h5-6,12,14-15H,7-11,13H2,1-4H3,(H,23,31). The molecule has 0 aromatic carbocycles. The Morgan fingerprint density at radius 3 is 2.62 bits per heavy atom. The van der Waals surface area contributed by atoms with Gasteiger partial charge in [-0.1, -0.05) is 20.8 Å². The summed E-state index contributed by atoms with van der Waals surface area (Å²) in [5.41, 5.74) is 1.71. The second-order valence-corrected chi connectivity index (χ2v) is 9.57. The third kappa shape index (κ3) is 4.39. The van der Waals surface area contributed by atoms with Crippen LogP contribution < -0.4 is 10.1 Å². The number of ether oxygens (including phenoxy) is 1. The van der Waals surface area contributed by atoms with Gasteiger partial charge >= 0.3 is 6.03 Å². The van der Waals surface area contributed by atoms with Gasteiger partial charge < -0.3 is 15.0 Å². The van der Waals surface area contributed by atoms with E-state index in [4.69, 9.17) is 4.74 Å². The number of hydrogen-bond donors (Lipinski definition) is 1. The molecule has 0 aliphatic carbocycles. The van der Waals surface area contributed by atoms with E-state index in [9.17, 15) is 14.4 Å². The Hall–Kier alpha value is -3.17. The maximum atomic E-state index is 12.8. The maximum absolute atomic E-state index is 12.8. The highest BCUT2D eigenvalue weighted by atomic mass is 16.5. The molecule has 2 saturated heterocycles. The molecule has 10 heteroatoms. The van der Waals surface area contributed by atoms with Crippen LogP contribution in [0.1, 0.15) is 39.3 Å². The average molecular weight is 443 g/mol. The van der Waals surface area contributed by atoms with Crippen LogP contribution in [-0.4, -0.2) is 75.5 Å². The zero-order valence-corrected chi connectivity index (χ0v) is 19.0. The Labute approximate surface area is 186 Å². The van der Waals surface area contributed by atoms with Gasteiger partial charge in [-0.25, -0.2) is 14.3 Å². The first-order valence-corrected chi connectivity index (χ1v) is 11.0. The van der Waals surface area contributed by atoms with Gasteiger partial charge in [0.1, 0.15) is 5.92 Å². The Kier molecular flexibility index (Phi) is 5.79. The third-order valence-corrected chi connectivity index (χ3v) is 6.15. The van der Waals surface area contributed by atoms with Crippen molar-refractivity contribution in [3.05, 3.63) is 24.0 Å². The number of hydrogen-bond acceptors (Lipinski definition) is 6. The van der Waals surface area contributed by atoms with Crippen LogP contribution in [0, 0.1) is 11.8 Å². The maximum Gasteiger partial charge on any atom is 0.323 e. The van der Waals surface area contributed by atoms with E-state index in [1.807, 2.05) is 18.3 Å². The van der Waals surface area contributed by atoms with Crippen molar-refractivity contribution in [3.8, 4) is 5.88 Å². The smallest absolute Gasteiger partial charge is 0.323 e. The van der Waals surface area contributed by atoms with E-state index in [1.54, 1.807) is 9.42 Å². The van der Waals surface area contributed by atoms with Crippen LogP contribution in [0.2, 0.25) is 0 Å². The highest BCUT2D eigenvalue weighted by molar-refractivity contribution is 6.08. The van der Waals surface area contributed by atoms with Crippen LogP contribution in [0.15, 0.2) is 18.3 Å². The van der Waals surface area contributed by atoms with Crippen molar-refractivity contribution in [2.24, 2.45) is 11.8 Å². The number of nitrogens with zero attached hydrogens (tertiary/aromatic N) is 5. The van der Waals surface area contributed by atoms with Gasteiger partial charge in [-0.3, -0.25) is 14.5 Å². The molecule has 2 aliphatic heterocycles. The number of likely N-dealkylation sites (tertiary alicyclic amines) is 1. The predicted octanol–water partition coefficient (Wildman–Crippen LogP) is 1.44. The summed E-state index contributed by atoms with van der Waals surface area (Å²) in [5.74, 6) is -0.660. The Bertz CT molecular complexity index is 1030. The Morgan fingerprint density at radius 1 is 1.22 bits per heavy atom. The quantitative estimate of drug-likeness (QED) is 0.718. The third-order valence-electron chi connectivity index (χ3n) is 6.15. The van der Waals surface area contributed by atoms with E-state index < -0.39 is 17.9 Å². The van der Waals surface area contributed by atoms with E-state index >= 15 is 0 Å². The second kappa shape index (κ2) is 8.40. The molecule has 2 aliphatic rings. The van der Waals surface area contributed by atoms with Gasteiger partial charge in [-0.15, -0.1) is 5.10 Å². The molecule has 1 atom stereocenters. The van der Waals surface area contributed by atoms with Crippen LogP contribution in [0.25, 0.3) is 5.65 Å². The monoisotopic (exact) mass is 442 g/mol. The molecule has 10 nitrogen and oxygen atoms in total. The molecule has 4 heterocycles.